The number of rotatable bonds is 3. The molecule has 0 amide bonds. The van der Waals surface area contributed by atoms with E-state index in [9.17, 15) is 0 Å². The predicted molar refractivity (Wildman–Crippen MR) is 77.6 cm³/mol. The van der Waals surface area contributed by atoms with Gasteiger partial charge in [0.2, 0.25) is 0 Å². The highest BCUT2D eigenvalue weighted by Gasteiger charge is 2.24. The zero-order chi connectivity index (χ0) is 12.3. The summed E-state index contributed by atoms with van der Waals surface area (Å²) in [7, 11) is 0. The molecule has 1 aliphatic rings. The molecule has 17 heavy (non-hydrogen) atoms. The minimum absolute atomic E-state index is 0.204. The summed E-state index contributed by atoms with van der Waals surface area (Å²) in [6.45, 7) is 8.23. The third-order valence-electron chi connectivity index (χ3n) is 3.41. The minimum Gasteiger partial charge on any atom is -0.399 e. The van der Waals surface area contributed by atoms with Crippen molar-refractivity contribution in [2.75, 3.05) is 36.9 Å². The second-order valence-corrected chi connectivity index (χ2v) is 6.62. The van der Waals surface area contributed by atoms with Crippen molar-refractivity contribution < 1.29 is 0 Å². The second-order valence-electron chi connectivity index (χ2n) is 5.39. The van der Waals surface area contributed by atoms with Crippen molar-refractivity contribution in [3.8, 4) is 0 Å². The topological polar surface area (TPSA) is 29.3 Å². The van der Waals surface area contributed by atoms with Crippen molar-refractivity contribution in [2.24, 2.45) is 0 Å². The number of anilines is 1. The van der Waals surface area contributed by atoms with Crippen molar-refractivity contribution in [3.05, 3.63) is 29.8 Å². The first kappa shape index (κ1) is 12.8. The molecule has 1 aromatic rings. The highest BCUT2D eigenvalue weighted by molar-refractivity contribution is 7.99. The largest absolute Gasteiger partial charge is 0.399 e. The van der Waals surface area contributed by atoms with Crippen LogP contribution in [0.3, 0.4) is 0 Å². The van der Waals surface area contributed by atoms with Gasteiger partial charge in [-0.05, 0) is 17.7 Å². The van der Waals surface area contributed by atoms with Crippen LogP contribution in [0.25, 0.3) is 0 Å². The van der Waals surface area contributed by atoms with E-state index < -0.39 is 0 Å². The van der Waals surface area contributed by atoms with Gasteiger partial charge in [0.05, 0.1) is 0 Å². The molecule has 0 radical (unpaired) electrons. The standard InChI is InChI=1S/C14H22N2S/c1-14(2,11-16-7-9-17-10-8-16)12-3-5-13(15)6-4-12/h3-6H,7-11,15H2,1-2H3. The van der Waals surface area contributed by atoms with E-state index >= 15 is 0 Å². The average Bonchev–Trinajstić information content (AvgIpc) is 2.30. The van der Waals surface area contributed by atoms with Crippen LogP contribution in [-0.2, 0) is 5.41 Å². The predicted octanol–water partition coefficient (Wildman–Crippen LogP) is 2.60. The summed E-state index contributed by atoms with van der Waals surface area (Å²) in [4.78, 5) is 2.58. The Balaban J connectivity index is 2.04. The molecule has 0 aliphatic carbocycles. The van der Waals surface area contributed by atoms with Gasteiger partial charge in [-0.1, -0.05) is 26.0 Å². The van der Waals surface area contributed by atoms with Crippen LogP contribution in [0, 0.1) is 0 Å². The lowest BCUT2D eigenvalue weighted by atomic mass is 9.84. The van der Waals surface area contributed by atoms with Crippen LogP contribution in [0.4, 0.5) is 5.69 Å². The summed E-state index contributed by atoms with van der Waals surface area (Å²) in [5.74, 6) is 2.55. The van der Waals surface area contributed by atoms with Crippen LogP contribution >= 0.6 is 11.8 Å². The Morgan fingerprint density at radius 3 is 2.35 bits per heavy atom. The Morgan fingerprint density at radius 2 is 1.76 bits per heavy atom. The summed E-state index contributed by atoms with van der Waals surface area (Å²) in [5, 5.41) is 0. The third-order valence-corrected chi connectivity index (χ3v) is 4.36. The Labute approximate surface area is 109 Å². The molecule has 0 saturated carbocycles. The first-order valence-corrected chi connectivity index (χ1v) is 7.39. The summed E-state index contributed by atoms with van der Waals surface area (Å²) < 4.78 is 0. The van der Waals surface area contributed by atoms with Crippen LogP contribution in [-0.4, -0.2) is 36.0 Å². The molecule has 1 aromatic carbocycles. The lowest BCUT2D eigenvalue weighted by molar-refractivity contribution is 0.244. The highest BCUT2D eigenvalue weighted by Crippen LogP contribution is 2.26. The fraction of sp³-hybridized carbons (Fsp3) is 0.571. The van der Waals surface area contributed by atoms with Crippen molar-refractivity contribution in [1.82, 2.24) is 4.90 Å². The van der Waals surface area contributed by atoms with Gasteiger partial charge in [-0.15, -0.1) is 0 Å². The number of hydrogen-bond donors (Lipinski definition) is 1. The number of nitrogens with two attached hydrogens (primary N) is 1. The lowest BCUT2D eigenvalue weighted by Gasteiger charge is -2.35. The molecule has 0 atom stereocenters. The molecule has 3 heteroatoms. The first-order chi connectivity index (χ1) is 8.08. The van der Waals surface area contributed by atoms with Gasteiger partial charge in [-0.3, -0.25) is 0 Å². The van der Waals surface area contributed by atoms with Crippen LogP contribution < -0.4 is 5.73 Å². The van der Waals surface area contributed by atoms with Gasteiger partial charge < -0.3 is 10.6 Å². The van der Waals surface area contributed by atoms with E-state index in [1.54, 1.807) is 0 Å². The Hall–Kier alpha value is -0.670. The maximum Gasteiger partial charge on any atom is 0.0314 e. The van der Waals surface area contributed by atoms with E-state index in [2.05, 4.69) is 42.6 Å². The van der Waals surface area contributed by atoms with Crippen molar-refractivity contribution >= 4 is 17.4 Å². The molecule has 1 aliphatic heterocycles. The maximum atomic E-state index is 5.74. The molecule has 1 saturated heterocycles. The smallest absolute Gasteiger partial charge is 0.0314 e. The van der Waals surface area contributed by atoms with E-state index in [1.165, 1.54) is 30.2 Å². The fourth-order valence-electron chi connectivity index (χ4n) is 2.34. The van der Waals surface area contributed by atoms with Crippen molar-refractivity contribution in [1.29, 1.82) is 0 Å². The second kappa shape index (κ2) is 5.32. The molecular formula is C14H22N2S. The normalized spacial score (nSPS) is 18.2. The van der Waals surface area contributed by atoms with Crippen LogP contribution in [0.5, 0.6) is 0 Å². The zero-order valence-electron chi connectivity index (χ0n) is 10.8. The molecule has 0 spiro atoms. The Kier molecular flexibility index (Phi) is 4.00. The van der Waals surface area contributed by atoms with Gasteiger partial charge in [0, 0.05) is 42.2 Å². The molecule has 0 bridgehead atoms. The van der Waals surface area contributed by atoms with E-state index in [0.29, 0.717) is 0 Å². The monoisotopic (exact) mass is 250 g/mol. The van der Waals surface area contributed by atoms with Gasteiger partial charge in [0.1, 0.15) is 0 Å². The van der Waals surface area contributed by atoms with E-state index in [1.807, 2.05) is 12.1 Å². The summed E-state index contributed by atoms with van der Waals surface area (Å²) >= 11 is 2.06. The summed E-state index contributed by atoms with van der Waals surface area (Å²) in [6, 6.07) is 8.33. The van der Waals surface area contributed by atoms with Gasteiger partial charge in [-0.25, -0.2) is 0 Å². The maximum absolute atomic E-state index is 5.74. The number of benzene rings is 1. The quantitative estimate of drug-likeness (QED) is 0.836. The molecule has 2 nitrogen and oxygen atoms in total. The van der Waals surface area contributed by atoms with Gasteiger partial charge in [0.25, 0.3) is 0 Å². The Bertz CT molecular complexity index is 353. The molecule has 2 N–H and O–H groups in total. The third kappa shape index (κ3) is 3.39. The summed E-state index contributed by atoms with van der Waals surface area (Å²) in [5.41, 5.74) is 8.17. The number of nitrogen functional groups attached to an aromatic ring is 1. The van der Waals surface area contributed by atoms with E-state index in [4.69, 9.17) is 5.73 Å². The molecule has 2 rings (SSSR count). The number of thioether (sulfide) groups is 1. The van der Waals surface area contributed by atoms with Gasteiger partial charge >= 0.3 is 0 Å². The minimum atomic E-state index is 0.204. The van der Waals surface area contributed by atoms with E-state index in [0.717, 1.165) is 12.2 Å². The molecule has 1 fully saturated rings. The number of nitrogens with zero attached hydrogens (tertiary/aromatic N) is 1. The van der Waals surface area contributed by atoms with Gasteiger partial charge in [-0.2, -0.15) is 11.8 Å². The Morgan fingerprint density at radius 1 is 1.18 bits per heavy atom. The fourth-order valence-corrected chi connectivity index (χ4v) is 3.32. The first-order valence-electron chi connectivity index (χ1n) is 6.24. The van der Waals surface area contributed by atoms with Crippen molar-refractivity contribution in [2.45, 2.75) is 19.3 Å². The summed E-state index contributed by atoms with van der Waals surface area (Å²) in [6.07, 6.45) is 0. The molecule has 1 heterocycles. The number of hydrogen-bond acceptors (Lipinski definition) is 3. The zero-order valence-corrected chi connectivity index (χ0v) is 11.6. The SMILES string of the molecule is CC(C)(CN1CCSCC1)c1ccc(N)cc1. The average molecular weight is 250 g/mol. The van der Waals surface area contributed by atoms with Crippen LogP contribution in [0.1, 0.15) is 19.4 Å². The molecule has 0 aromatic heterocycles. The molecule has 0 unspecified atom stereocenters. The molecule has 94 valence electrons. The van der Waals surface area contributed by atoms with Crippen molar-refractivity contribution in [3.63, 3.8) is 0 Å². The lowest BCUT2D eigenvalue weighted by Crippen LogP contribution is -2.41. The van der Waals surface area contributed by atoms with Crippen LogP contribution in [0.2, 0.25) is 0 Å². The molecular weight excluding hydrogens is 228 g/mol. The van der Waals surface area contributed by atoms with E-state index in [-0.39, 0.29) is 5.41 Å². The highest BCUT2D eigenvalue weighted by atomic mass is 32.2. The van der Waals surface area contributed by atoms with Gasteiger partial charge in [0.15, 0.2) is 0 Å². The van der Waals surface area contributed by atoms with Crippen LogP contribution in [0.15, 0.2) is 24.3 Å².